The van der Waals surface area contributed by atoms with E-state index in [9.17, 15) is 4.79 Å². The van der Waals surface area contributed by atoms with E-state index in [1.165, 1.54) is 0 Å². The Hall–Kier alpha value is 0.0839. The predicted octanol–water partition coefficient (Wildman–Crippen LogP) is 2.62. The molecule has 0 amide bonds. The quantitative estimate of drug-likeness (QED) is 0.617. The van der Waals surface area contributed by atoms with Crippen LogP contribution >= 0.6 is 11.6 Å². The molecule has 0 aliphatic rings. The van der Waals surface area contributed by atoms with Gasteiger partial charge < -0.3 is 4.74 Å². The van der Waals surface area contributed by atoms with E-state index in [-0.39, 0.29) is 38.7 Å². The normalized spacial score (nSPS) is 9.07. The molecule has 0 aromatic heterocycles. The number of esters is 1. The van der Waals surface area contributed by atoms with Crippen LogP contribution in [0.5, 0.6) is 0 Å². The van der Waals surface area contributed by atoms with Crippen LogP contribution in [-0.4, -0.2) is 12.6 Å². The average Bonchev–Trinajstić information content (AvgIpc) is 2.04. The minimum atomic E-state index is -0.326. The molecule has 1 rings (SSSR count). The molecule has 2 nitrogen and oxygen atoms in total. The van der Waals surface area contributed by atoms with Crippen molar-refractivity contribution in [2.45, 2.75) is 13.8 Å². The summed E-state index contributed by atoms with van der Waals surface area (Å²) in [4.78, 5) is 11.3. The van der Waals surface area contributed by atoms with Crippen molar-refractivity contribution < 1.29 is 42.2 Å². The molecule has 0 saturated carbocycles. The van der Waals surface area contributed by atoms with Crippen molar-refractivity contribution in [2.75, 3.05) is 6.61 Å². The van der Waals surface area contributed by atoms with Crippen LogP contribution in [0.15, 0.2) is 12.1 Å². The van der Waals surface area contributed by atoms with Crippen molar-refractivity contribution in [3.8, 4) is 0 Å². The van der Waals surface area contributed by atoms with Crippen molar-refractivity contribution >= 4 is 17.6 Å². The number of rotatable bonds is 2. The smallest absolute Gasteiger partial charge is 0.281 e. The number of hydrogen-bond acceptors (Lipinski definition) is 2. The van der Waals surface area contributed by atoms with Gasteiger partial charge in [-0.25, -0.2) is 0 Å². The summed E-state index contributed by atoms with van der Waals surface area (Å²) >= 11 is 5.69. The summed E-state index contributed by atoms with van der Waals surface area (Å²) in [6.07, 6.45) is 0. The largest absolute Gasteiger partial charge is 0.472 e. The number of halogens is 1. The summed E-state index contributed by atoms with van der Waals surface area (Å²) in [5.74, 6) is -0.326. The maximum atomic E-state index is 11.3. The first kappa shape index (κ1) is 14.1. The van der Waals surface area contributed by atoms with Crippen LogP contribution in [0.3, 0.4) is 0 Å². The Bertz CT molecular complexity index is 326. The maximum absolute atomic E-state index is 11.3. The zero-order chi connectivity index (χ0) is 9.84. The van der Waals surface area contributed by atoms with E-state index in [0.717, 1.165) is 5.56 Å². The first-order chi connectivity index (χ1) is 6.15. The number of carbonyl (C=O) groups is 1. The predicted molar refractivity (Wildman–Crippen MR) is 51.0 cm³/mol. The summed E-state index contributed by atoms with van der Waals surface area (Å²) in [6, 6.07) is 5.98. The molecule has 1 aromatic carbocycles. The van der Waals surface area contributed by atoms with Crippen molar-refractivity contribution in [1.82, 2.24) is 0 Å². The van der Waals surface area contributed by atoms with E-state index < -0.39 is 0 Å². The van der Waals surface area contributed by atoms with E-state index >= 15 is 0 Å². The van der Waals surface area contributed by atoms with Gasteiger partial charge in [0.25, 0.3) is 5.97 Å². The Kier molecular flexibility index (Phi) is 6.59. The second-order valence-electron chi connectivity index (χ2n) is 2.60. The van der Waals surface area contributed by atoms with E-state index in [2.05, 4.69) is 6.07 Å². The van der Waals surface area contributed by atoms with Crippen LogP contribution in [0.4, 0.5) is 0 Å². The van der Waals surface area contributed by atoms with Gasteiger partial charge in [0.2, 0.25) is 0 Å². The topological polar surface area (TPSA) is 26.3 Å². The molecule has 0 fully saturated rings. The molecule has 0 bridgehead atoms. The van der Waals surface area contributed by atoms with E-state index in [0.29, 0.717) is 17.2 Å². The molecule has 1 radical (unpaired) electrons. The minimum absolute atomic E-state index is 0. The minimum Gasteiger partial charge on any atom is -0.472 e. The van der Waals surface area contributed by atoms with E-state index in [4.69, 9.17) is 16.3 Å². The van der Waals surface area contributed by atoms with Gasteiger partial charge in [-0.2, -0.15) is 12.1 Å². The monoisotopic (exact) mass is 286 g/mol. The van der Waals surface area contributed by atoms with Crippen molar-refractivity contribution in [3.05, 3.63) is 34.3 Å². The SMILES string of the molecule is CCOC(=O)c1c[c-]c(Cl)cc1C.[Y]. The fourth-order valence-electron chi connectivity index (χ4n) is 0.993. The number of aryl methyl sites for hydroxylation is 1. The fraction of sp³-hybridized carbons (Fsp3) is 0.300. The van der Waals surface area contributed by atoms with Gasteiger partial charge in [0.15, 0.2) is 0 Å². The molecule has 0 spiro atoms. The molecule has 14 heavy (non-hydrogen) atoms. The number of hydrogen-bond donors (Lipinski definition) is 0. The van der Waals surface area contributed by atoms with Crippen molar-refractivity contribution in [3.63, 3.8) is 0 Å². The van der Waals surface area contributed by atoms with E-state index in [1.807, 2.05) is 6.92 Å². The zero-order valence-corrected chi connectivity index (χ0v) is 11.7. The molecule has 1 aromatic rings. The van der Waals surface area contributed by atoms with Gasteiger partial charge >= 0.3 is 0 Å². The summed E-state index contributed by atoms with van der Waals surface area (Å²) in [7, 11) is 0. The third kappa shape index (κ3) is 3.68. The van der Waals surface area contributed by atoms with Crippen LogP contribution in [-0.2, 0) is 37.4 Å². The first-order valence-electron chi connectivity index (χ1n) is 4.00. The van der Waals surface area contributed by atoms with Crippen molar-refractivity contribution in [1.29, 1.82) is 0 Å². The summed E-state index contributed by atoms with van der Waals surface area (Å²) < 4.78 is 4.85. The van der Waals surface area contributed by atoms with Gasteiger partial charge in [0, 0.05) is 32.7 Å². The van der Waals surface area contributed by atoms with Gasteiger partial charge in [0.05, 0.1) is 6.61 Å². The Morgan fingerprint density at radius 1 is 1.64 bits per heavy atom. The Balaban J connectivity index is 0.00000169. The van der Waals surface area contributed by atoms with Gasteiger partial charge in [-0.15, -0.1) is 23.2 Å². The van der Waals surface area contributed by atoms with Gasteiger partial charge in [-0.1, -0.05) is 11.9 Å². The zero-order valence-electron chi connectivity index (χ0n) is 8.13. The summed E-state index contributed by atoms with van der Waals surface area (Å²) in [5, 5.41) is 0.505. The second-order valence-corrected chi connectivity index (χ2v) is 3.01. The summed E-state index contributed by atoms with van der Waals surface area (Å²) in [6.45, 7) is 3.96. The number of benzene rings is 1. The Labute approximate surface area is 114 Å². The third-order valence-corrected chi connectivity index (χ3v) is 1.84. The molecule has 0 saturated heterocycles. The fourth-order valence-corrected chi connectivity index (χ4v) is 1.21. The first-order valence-corrected chi connectivity index (χ1v) is 4.38. The van der Waals surface area contributed by atoms with Gasteiger partial charge in [-0.3, -0.25) is 4.79 Å². The standard InChI is InChI=1S/C10H10ClO2.Y/c1-3-13-10(12)9-5-4-8(11)6-7(9)2;/h5-6H,3H2,1-2H3;/q-1;. The molecular weight excluding hydrogens is 276 g/mol. The average molecular weight is 287 g/mol. The van der Waals surface area contributed by atoms with Crippen LogP contribution in [0.1, 0.15) is 22.8 Å². The van der Waals surface area contributed by atoms with Gasteiger partial charge in [0.1, 0.15) is 0 Å². The Morgan fingerprint density at radius 3 is 2.79 bits per heavy atom. The molecule has 4 heteroatoms. The molecule has 0 aliphatic carbocycles. The van der Waals surface area contributed by atoms with Crippen LogP contribution in [0.25, 0.3) is 0 Å². The molecule has 0 aliphatic heterocycles. The van der Waals surface area contributed by atoms with Crippen LogP contribution < -0.4 is 0 Å². The summed E-state index contributed by atoms with van der Waals surface area (Å²) in [5.41, 5.74) is 1.33. The van der Waals surface area contributed by atoms with Gasteiger partial charge in [-0.05, 0) is 12.5 Å². The maximum Gasteiger partial charge on any atom is 0.281 e. The molecule has 0 atom stereocenters. The molecule has 0 heterocycles. The Morgan fingerprint density at radius 2 is 2.29 bits per heavy atom. The van der Waals surface area contributed by atoms with Crippen LogP contribution in [0, 0.1) is 13.0 Å². The molecule has 0 unspecified atom stereocenters. The number of carbonyl (C=O) groups excluding carboxylic acids is 1. The second kappa shape index (κ2) is 6.55. The molecule has 0 N–H and O–H groups in total. The van der Waals surface area contributed by atoms with Crippen molar-refractivity contribution in [2.24, 2.45) is 0 Å². The van der Waals surface area contributed by atoms with E-state index in [1.54, 1.807) is 19.1 Å². The number of ether oxygens (including phenoxy) is 1. The third-order valence-electron chi connectivity index (χ3n) is 1.62. The van der Waals surface area contributed by atoms with Crippen LogP contribution in [0.2, 0.25) is 5.02 Å². The molecule has 73 valence electrons. The molecular formula is C10H10ClO2Y-.